The van der Waals surface area contributed by atoms with Crippen molar-refractivity contribution in [2.75, 3.05) is 6.54 Å². The van der Waals surface area contributed by atoms with Crippen LogP contribution in [0.25, 0.3) is 0 Å². The molecule has 0 heterocycles. The van der Waals surface area contributed by atoms with Crippen LogP contribution in [0.15, 0.2) is 24.3 Å². The molecule has 0 spiro atoms. The van der Waals surface area contributed by atoms with Gasteiger partial charge in [0.1, 0.15) is 5.75 Å². The van der Waals surface area contributed by atoms with E-state index in [4.69, 9.17) is 4.74 Å². The third kappa shape index (κ3) is 7.37. The standard InChI is InChI=1S/C15H22NO2.W/c1-4-5-6-11-16-15(17)13-7-9-14(10-8-13)18-12(2)3;/h7-10,12H,1,4-6,11H2,2-3H3,(H,16,17);/q-1;. The zero-order valence-corrected chi connectivity index (χ0v) is 14.6. The van der Waals surface area contributed by atoms with Crippen LogP contribution in [0.3, 0.4) is 0 Å². The van der Waals surface area contributed by atoms with E-state index in [1.807, 2.05) is 26.0 Å². The number of nitrogens with one attached hydrogen (secondary N) is 1. The van der Waals surface area contributed by atoms with Crippen molar-refractivity contribution >= 4 is 5.91 Å². The van der Waals surface area contributed by atoms with E-state index in [2.05, 4.69) is 12.2 Å². The van der Waals surface area contributed by atoms with Gasteiger partial charge in [0.25, 0.3) is 5.91 Å². The smallest absolute Gasteiger partial charge is 0.251 e. The zero-order valence-electron chi connectivity index (χ0n) is 11.6. The Balaban J connectivity index is 0.00000324. The Morgan fingerprint density at radius 3 is 2.42 bits per heavy atom. The van der Waals surface area contributed by atoms with Gasteiger partial charge in [-0.2, -0.15) is 6.42 Å². The molecule has 0 fully saturated rings. The number of hydrogen-bond donors (Lipinski definition) is 1. The molecular formula is C15H22NO2W-. The van der Waals surface area contributed by atoms with Crippen molar-refractivity contribution in [2.45, 2.75) is 39.2 Å². The first-order chi connectivity index (χ1) is 8.63. The van der Waals surface area contributed by atoms with Crippen molar-refractivity contribution < 1.29 is 30.6 Å². The maximum Gasteiger partial charge on any atom is 0.251 e. The van der Waals surface area contributed by atoms with Crippen LogP contribution in [-0.2, 0) is 21.1 Å². The van der Waals surface area contributed by atoms with Crippen LogP contribution in [0.4, 0.5) is 0 Å². The van der Waals surface area contributed by atoms with Gasteiger partial charge in [-0.3, -0.25) is 4.79 Å². The summed E-state index contributed by atoms with van der Waals surface area (Å²) in [5.41, 5.74) is 0.667. The maximum absolute atomic E-state index is 11.8. The molecule has 1 aromatic carbocycles. The molecule has 1 amide bonds. The predicted octanol–water partition coefficient (Wildman–Crippen LogP) is 3.21. The Labute approximate surface area is 130 Å². The number of unbranched alkanes of at least 4 members (excludes halogenated alkanes) is 2. The fourth-order valence-corrected chi connectivity index (χ4v) is 1.56. The summed E-state index contributed by atoms with van der Waals surface area (Å²) in [7, 11) is 0. The summed E-state index contributed by atoms with van der Waals surface area (Å²) in [6, 6.07) is 7.22. The van der Waals surface area contributed by atoms with Gasteiger partial charge < -0.3 is 17.0 Å². The molecule has 3 nitrogen and oxygen atoms in total. The molecule has 4 heteroatoms. The molecule has 0 aliphatic carbocycles. The third-order valence-corrected chi connectivity index (χ3v) is 2.45. The first kappa shape index (κ1) is 18.2. The Morgan fingerprint density at radius 2 is 1.89 bits per heavy atom. The summed E-state index contributed by atoms with van der Waals surface area (Å²) < 4.78 is 5.52. The van der Waals surface area contributed by atoms with E-state index in [9.17, 15) is 4.79 Å². The number of hydrogen-bond acceptors (Lipinski definition) is 2. The predicted molar refractivity (Wildman–Crippen MR) is 73.7 cm³/mol. The molecule has 0 aliphatic rings. The van der Waals surface area contributed by atoms with E-state index in [1.54, 1.807) is 12.1 Å². The summed E-state index contributed by atoms with van der Waals surface area (Å²) in [6.07, 6.45) is 3.08. The SMILES string of the molecule is [CH2-]CCCCNC(=O)c1ccc(OC(C)C)cc1.[W]. The second-order valence-electron chi connectivity index (χ2n) is 4.51. The largest absolute Gasteiger partial charge is 0.491 e. The normalized spacial score (nSPS) is 9.89. The molecule has 1 aromatic rings. The van der Waals surface area contributed by atoms with Gasteiger partial charge in [0.2, 0.25) is 0 Å². The van der Waals surface area contributed by atoms with Crippen molar-refractivity contribution in [1.82, 2.24) is 5.32 Å². The van der Waals surface area contributed by atoms with E-state index in [-0.39, 0.29) is 33.1 Å². The van der Waals surface area contributed by atoms with E-state index >= 15 is 0 Å². The molecule has 0 aromatic heterocycles. The number of carbonyl (C=O) groups excluding carboxylic acids is 1. The summed E-state index contributed by atoms with van der Waals surface area (Å²) in [5, 5.41) is 2.89. The van der Waals surface area contributed by atoms with Gasteiger partial charge >= 0.3 is 0 Å². The molecule has 1 N–H and O–H groups in total. The first-order valence-electron chi connectivity index (χ1n) is 6.47. The van der Waals surface area contributed by atoms with Gasteiger partial charge in [0, 0.05) is 33.2 Å². The summed E-state index contributed by atoms with van der Waals surface area (Å²) in [4.78, 5) is 11.8. The van der Waals surface area contributed by atoms with Crippen molar-refractivity contribution in [3.63, 3.8) is 0 Å². The van der Waals surface area contributed by atoms with Gasteiger partial charge in [-0.1, -0.05) is 6.42 Å². The molecule has 0 saturated carbocycles. The minimum absolute atomic E-state index is 0. The van der Waals surface area contributed by atoms with Gasteiger partial charge in [-0.25, -0.2) is 0 Å². The van der Waals surface area contributed by atoms with Gasteiger partial charge in [0.15, 0.2) is 0 Å². The monoisotopic (exact) mass is 432 g/mol. The van der Waals surface area contributed by atoms with Crippen LogP contribution in [0.2, 0.25) is 0 Å². The first-order valence-corrected chi connectivity index (χ1v) is 6.47. The van der Waals surface area contributed by atoms with E-state index in [1.165, 1.54) is 0 Å². The molecule has 0 bridgehead atoms. The fourth-order valence-electron chi connectivity index (χ4n) is 1.56. The van der Waals surface area contributed by atoms with Crippen molar-refractivity contribution in [3.8, 4) is 5.75 Å². The van der Waals surface area contributed by atoms with Crippen LogP contribution in [0.5, 0.6) is 5.75 Å². The van der Waals surface area contributed by atoms with Gasteiger partial charge in [-0.05, 0) is 44.5 Å². The van der Waals surface area contributed by atoms with Gasteiger partial charge in [-0.15, -0.1) is 0 Å². The Bertz CT molecular complexity index is 363. The molecule has 19 heavy (non-hydrogen) atoms. The Hall–Kier alpha value is -0.822. The number of benzene rings is 1. The summed E-state index contributed by atoms with van der Waals surface area (Å²) >= 11 is 0. The fraction of sp³-hybridized carbons (Fsp3) is 0.467. The van der Waals surface area contributed by atoms with Crippen LogP contribution in [0, 0.1) is 6.92 Å². The van der Waals surface area contributed by atoms with Crippen LogP contribution >= 0.6 is 0 Å². The zero-order chi connectivity index (χ0) is 13.4. The van der Waals surface area contributed by atoms with Crippen LogP contribution in [0.1, 0.15) is 43.5 Å². The maximum atomic E-state index is 11.8. The molecule has 0 radical (unpaired) electrons. The summed E-state index contributed by atoms with van der Waals surface area (Å²) in [5.74, 6) is 0.758. The second-order valence-corrected chi connectivity index (χ2v) is 4.51. The third-order valence-electron chi connectivity index (χ3n) is 2.45. The van der Waals surface area contributed by atoms with Crippen molar-refractivity contribution in [1.29, 1.82) is 0 Å². The molecule has 0 saturated heterocycles. The van der Waals surface area contributed by atoms with Crippen molar-refractivity contribution in [3.05, 3.63) is 36.8 Å². The Morgan fingerprint density at radius 1 is 1.26 bits per heavy atom. The average Bonchev–Trinajstić information content (AvgIpc) is 2.34. The van der Waals surface area contributed by atoms with E-state index < -0.39 is 0 Å². The van der Waals surface area contributed by atoms with Gasteiger partial charge in [0.05, 0.1) is 6.10 Å². The average molecular weight is 432 g/mol. The summed E-state index contributed by atoms with van der Waals surface area (Å²) in [6.45, 7) is 8.42. The molecule has 1 rings (SSSR count). The molecule has 106 valence electrons. The number of carbonyl (C=O) groups is 1. The number of amides is 1. The molecule has 0 aliphatic heterocycles. The Kier molecular flexibility index (Phi) is 9.59. The second kappa shape index (κ2) is 10.0. The molecular weight excluding hydrogens is 410 g/mol. The topological polar surface area (TPSA) is 38.3 Å². The van der Waals surface area contributed by atoms with Crippen LogP contribution < -0.4 is 10.1 Å². The number of ether oxygens (including phenoxy) is 1. The number of rotatable bonds is 7. The van der Waals surface area contributed by atoms with Crippen LogP contribution in [-0.4, -0.2) is 18.6 Å². The molecule has 0 atom stereocenters. The van der Waals surface area contributed by atoms with Crippen molar-refractivity contribution in [2.24, 2.45) is 0 Å². The quantitative estimate of drug-likeness (QED) is 0.531. The minimum atomic E-state index is -0.0323. The minimum Gasteiger partial charge on any atom is -0.491 e. The molecule has 0 unspecified atom stereocenters. The van der Waals surface area contributed by atoms with E-state index in [0.717, 1.165) is 25.0 Å². The van der Waals surface area contributed by atoms with E-state index in [0.29, 0.717) is 12.1 Å².